The van der Waals surface area contributed by atoms with E-state index in [0.717, 1.165) is 18.1 Å². The van der Waals surface area contributed by atoms with Crippen molar-refractivity contribution in [3.8, 4) is 5.75 Å². The highest BCUT2D eigenvalue weighted by Crippen LogP contribution is 2.35. The molecule has 0 aromatic heterocycles. The fourth-order valence-corrected chi connectivity index (χ4v) is 2.31. The summed E-state index contributed by atoms with van der Waals surface area (Å²) in [5.74, 6) is 1.89. The molecule has 0 radical (unpaired) electrons. The zero-order valence-corrected chi connectivity index (χ0v) is 10.4. The topological polar surface area (TPSA) is 21.3 Å². The van der Waals surface area contributed by atoms with Crippen LogP contribution in [0.1, 0.15) is 24.0 Å². The Morgan fingerprint density at radius 2 is 2.19 bits per heavy atom. The molecule has 0 spiro atoms. The van der Waals surface area contributed by atoms with Crippen molar-refractivity contribution < 1.29 is 4.74 Å². The fraction of sp³-hybridized carbons (Fsp3) is 0.571. The highest BCUT2D eigenvalue weighted by atomic mass is 16.5. The summed E-state index contributed by atoms with van der Waals surface area (Å²) in [6.07, 6.45) is 3.82. The number of ether oxygens (including phenoxy) is 1. The Bertz CT molecular complexity index is 358. The van der Waals surface area contributed by atoms with Crippen LogP contribution in [0.4, 0.5) is 0 Å². The van der Waals surface area contributed by atoms with Gasteiger partial charge in [-0.2, -0.15) is 0 Å². The van der Waals surface area contributed by atoms with Crippen LogP contribution in [0.15, 0.2) is 18.2 Å². The van der Waals surface area contributed by atoms with Crippen LogP contribution >= 0.6 is 0 Å². The lowest BCUT2D eigenvalue weighted by atomic mass is 10.00. The van der Waals surface area contributed by atoms with E-state index >= 15 is 0 Å². The maximum Gasteiger partial charge on any atom is 0.122 e. The first kappa shape index (κ1) is 11.5. The SMILES string of the molecule is CNC(Cc1cc(C)ccc1OC)C1CC1. The lowest BCUT2D eigenvalue weighted by Crippen LogP contribution is -2.29. The zero-order chi connectivity index (χ0) is 11.5. The highest BCUT2D eigenvalue weighted by molar-refractivity contribution is 5.37. The van der Waals surface area contributed by atoms with Crippen molar-refractivity contribution in [1.82, 2.24) is 5.32 Å². The number of aryl methyl sites for hydroxylation is 1. The normalized spacial score (nSPS) is 17.2. The average molecular weight is 219 g/mol. The minimum absolute atomic E-state index is 0.607. The van der Waals surface area contributed by atoms with Crippen molar-refractivity contribution in [2.75, 3.05) is 14.2 Å². The van der Waals surface area contributed by atoms with Gasteiger partial charge in [0.1, 0.15) is 5.75 Å². The summed E-state index contributed by atoms with van der Waals surface area (Å²) in [4.78, 5) is 0. The Kier molecular flexibility index (Phi) is 3.49. The molecule has 1 atom stereocenters. The number of benzene rings is 1. The third kappa shape index (κ3) is 2.56. The van der Waals surface area contributed by atoms with Gasteiger partial charge >= 0.3 is 0 Å². The van der Waals surface area contributed by atoms with Crippen molar-refractivity contribution in [3.63, 3.8) is 0 Å². The van der Waals surface area contributed by atoms with Crippen molar-refractivity contribution >= 4 is 0 Å². The second-order valence-electron chi connectivity index (χ2n) is 4.75. The molecule has 16 heavy (non-hydrogen) atoms. The molecule has 1 aliphatic rings. The molecule has 0 amide bonds. The van der Waals surface area contributed by atoms with Gasteiger partial charge in [0.25, 0.3) is 0 Å². The van der Waals surface area contributed by atoms with E-state index in [9.17, 15) is 0 Å². The molecule has 0 bridgehead atoms. The van der Waals surface area contributed by atoms with Gasteiger partial charge in [0.05, 0.1) is 7.11 Å². The minimum atomic E-state index is 0.607. The summed E-state index contributed by atoms with van der Waals surface area (Å²) >= 11 is 0. The van der Waals surface area contributed by atoms with Crippen LogP contribution in [0.2, 0.25) is 0 Å². The molecule has 0 saturated heterocycles. The summed E-state index contributed by atoms with van der Waals surface area (Å²) in [5, 5.41) is 3.43. The first-order chi connectivity index (χ1) is 7.74. The monoisotopic (exact) mass is 219 g/mol. The maximum absolute atomic E-state index is 5.42. The third-order valence-corrected chi connectivity index (χ3v) is 3.44. The van der Waals surface area contributed by atoms with Gasteiger partial charge in [-0.25, -0.2) is 0 Å². The van der Waals surface area contributed by atoms with Gasteiger partial charge in [0, 0.05) is 6.04 Å². The lowest BCUT2D eigenvalue weighted by molar-refractivity contribution is 0.403. The number of hydrogen-bond donors (Lipinski definition) is 1. The quantitative estimate of drug-likeness (QED) is 0.821. The van der Waals surface area contributed by atoms with Crippen LogP contribution < -0.4 is 10.1 Å². The Morgan fingerprint density at radius 1 is 1.44 bits per heavy atom. The van der Waals surface area contributed by atoms with Crippen molar-refractivity contribution in [3.05, 3.63) is 29.3 Å². The van der Waals surface area contributed by atoms with E-state index in [2.05, 4.69) is 37.5 Å². The van der Waals surface area contributed by atoms with Gasteiger partial charge in [0.15, 0.2) is 0 Å². The van der Waals surface area contributed by atoms with Crippen LogP contribution in [-0.4, -0.2) is 20.2 Å². The largest absolute Gasteiger partial charge is 0.496 e. The van der Waals surface area contributed by atoms with E-state index in [1.54, 1.807) is 7.11 Å². The number of nitrogens with one attached hydrogen (secondary N) is 1. The number of rotatable bonds is 5. The van der Waals surface area contributed by atoms with Crippen LogP contribution in [0.25, 0.3) is 0 Å². The van der Waals surface area contributed by atoms with Crippen molar-refractivity contribution in [2.45, 2.75) is 32.2 Å². The van der Waals surface area contributed by atoms with E-state index in [4.69, 9.17) is 4.74 Å². The molecule has 1 fully saturated rings. The van der Waals surface area contributed by atoms with Gasteiger partial charge < -0.3 is 10.1 Å². The van der Waals surface area contributed by atoms with E-state index in [1.165, 1.54) is 24.0 Å². The van der Waals surface area contributed by atoms with Crippen LogP contribution in [0.5, 0.6) is 5.75 Å². The maximum atomic E-state index is 5.42. The molecular weight excluding hydrogens is 198 g/mol. The number of hydrogen-bond acceptors (Lipinski definition) is 2. The molecule has 1 unspecified atom stereocenters. The van der Waals surface area contributed by atoms with Gasteiger partial charge in [-0.05, 0) is 50.8 Å². The molecule has 0 heterocycles. The Balaban J connectivity index is 2.14. The molecule has 88 valence electrons. The summed E-state index contributed by atoms with van der Waals surface area (Å²) < 4.78 is 5.42. The van der Waals surface area contributed by atoms with Gasteiger partial charge in [-0.15, -0.1) is 0 Å². The summed E-state index contributed by atoms with van der Waals surface area (Å²) in [5.41, 5.74) is 2.63. The zero-order valence-electron chi connectivity index (χ0n) is 10.4. The van der Waals surface area contributed by atoms with E-state index < -0.39 is 0 Å². The summed E-state index contributed by atoms with van der Waals surface area (Å²) in [7, 11) is 3.81. The number of methoxy groups -OCH3 is 1. The molecule has 2 heteroatoms. The minimum Gasteiger partial charge on any atom is -0.496 e. The molecule has 0 aliphatic heterocycles. The molecular formula is C14H21NO. The first-order valence-corrected chi connectivity index (χ1v) is 6.05. The fourth-order valence-electron chi connectivity index (χ4n) is 2.31. The predicted molar refractivity (Wildman–Crippen MR) is 67.0 cm³/mol. The summed E-state index contributed by atoms with van der Waals surface area (Å²) in [6, 6.07) is 7.03. The number of likely N-dealkylation sites (N-methyl/N-ethyl adjacent to an activating group) is 1. The van der Waals surface area contributed by atoms with Gasteiger partial charge in [-0.3, -0.25) is 0 Å². The predicted octanol–water partition coefficient (Wildman–Crippen LogP) is 2.54. The van der Waals surface area contributed by atoms with Crippen molar-refractivity contribution in [2.24, 2.45) is 5.92 Å². The Hall–Kier alpha value is -1.02. The molecule has 1 aliphatic carbocycles. The Morgan fingerprint density at radius 3 is 2.75 bits per heavy atom. The summed E-state index contributed by atoms with van der Waals surface area (Å²) in [6.45, 7) is 2.13. The average Bonchev–Trinajstić information content (AvgIpc) is 3.10. The van der Waals surface area contributed by atoms with Crippen molar-refractivity contribution in [1.29, 1.82) is 0 Å². The molecule has 1 aromatic rings. The van der Waals surface area contributed by atoms with Gasteiger partial charge in [0.2, 0.25) is 0 Å². The molecule has 2 rings (SSSR count). The van der Waals surface area contributed by atoms with Crippen LogP contribution in [-0.2, 0) is 6.42 Å². The second kappa shape index (κ2) is 4.88. The highest BCUT2D eigenvalue weighted by Gasteiger charge is 2.30. The first-order valence-electron chi connectivity index (χ1n) is 6.05. The third-order valence-electron chi connectivity index (χ3n) is 3.44. The van der Waals surface area contributed by atoms with Gasteiger partial charge in [-0.1, -0.05) is 17.7 Å². The molecule has 1 aromatic carbocycles. The smallest absolute Gasteiger partial charge is 0.122 e. The van der Waals surface area contributed by atoms with Crippen LogP contribution in [0, 0.1) is 12.8 Å². The molecule has 1 N–H and O–H groups in total. The lowest BCUT2D eigenvalue weighted by Gasteiger charge is -2.17. The standard InChI is InChI=1S/C14H21NO/c1-10-4-7-14(16-3)12(8-10)9-13(15-2)11-5-6-11/h4,7-8,11,13,15H,5-6,9H2,1-3H3. The van der Waals surface area contributed by atoms with E-state index in [0.29, 0.717) is 6.04 Å². The Labute approximate surface area is 98.0 Å². The van der Waals surface area contributed by atoms with Crippen LogP contribution in [0.3, 0.4) is 0 Å². The molecule has 1 saturated carbocycles. The van der Waals surface area contributed by atoms with E-state index in [1.807, 2.05) is 0 Å². The van der Waals surface area contributed by atoms with E-state index in [-0.39, 0.29) is 0 Å². The molecule has 2 nitrogen and oxygen atoms in total. The second-order valence-corrected chi connectivity index (χ2v) is 4.75.